The predicted octanol–water partition coefficient (Wildman–Crippen LogP) is 2.88. The lowest BCUT2D eigenvalue weighted by Crippen LogP contribution is -2.49. The minimum atomic E-state index is -0.912. The first kappa shape index (κ1) is 11.5. The summed E-state index contributed by atoms with van der Waals surface area (Å²) >= 11 is 0. The molecular weight excluding hydrogens is 240 g/mol. The van der Waals surface area contributed by atoms with Gasteiger partial charge < -0.3 is 10.1 Å². The van der Waals surface area contributed by atoms with Crippen molar-refractivity contribution >= 4 is 5.97 Å². The van der Waals surface area contributed by atoms with E-state index in [2.05, 4.69) is 9.97 Å². The Balaban J connectivity index is 1.75. The van der Waals surface area contributed by atoms with Gasteiger partial charge in [-0.3, -0.25) is 0 Å². The van der Waals surface area contributed by atoms with Gasteiger partial charge in [0.1, 0.15) is 5.82 Å². The Morgan fingerprint density at radius 1 is 1.21 bits per heavy atom. The number of nitrogens with zero attached hydrogens (tertiary/aromatic N) is 1. The molecule has 4 aliphatic rings. The summed E-state index contributed by atoms with van der Waals surface area (Å²) < 4.78 is 0. The third-order valence-corrected chi connectivity index (χ3v) is 5.63. The van der Waals surface area contributed by atoms with E-state index < -0.39 is 5.97 Å². The maximum atomic E-state index is 11.2. The number of aromatic nitrogens is 2. The SMILES string of the molecule is Cc1[nH]c(C23CC4CC(CC(C4)C2)C3)nc1C(=O)O. The van der Waals surface area contributed by atoms with E-state index in [1.165, 1.54) is 38.5 Å². The zero-order valence-corrected chi connectivity index (χ0v) is 11.3. The van der Waals surface area contributed by atoms with Crippen molar-refractivity contribution in [1.82, 2.24) is 9.97 Å². The molecule has 1 aromatic heterocycles. The van der Waals surface area contributed by atoms with Crippen LogP contribution in [0.15, 0.2) is 0 Å². The number of aryl methyl sites for hydroxylation is 1. The number of hydrogen-bond acceptors (Lipinski definition) is 2. The van der Waals surface area contributed by atoms with Gasteiger partial charge in [-0.2, -0.15) is 0 Å². The highest BCUT2D eigenvalue weighted by atomic mass is 16.4. The molecule has 4 bridgehead atoms. The fourth-order valence-corrected chi connectivity index (χ4v) is 5.32. The van der Waals surface area contributed by atoms with Crippen LogP contribution in [-0.4, -0.2) is 21.0 Å². The van der Waals surface area contributed by atoms with Gasteiger partial charge in [-0.25, -0.2) is 9.78 Å². The number of rotatable bonds is 2. The number of H-pyrrole nitrogens is 1. The van der Waals surface area contributed by atoms with Crippen molar-refractivity contribution in [3.63, 3.8) is 0 Å². The van der Waals surface area contributed by atoms with Crippen LogP contribution in [0.5, 0.6) is 0 Å². The van der Waals surface area contributed by atoms with Crippen molar-refractivity contribution in [2.45, 2.75) is 50.9 Å². The fourth-order valence-electron chi connectivity index (χ4n) is 5.32. The Hall–Kier alpha value is -1.32. The average molecular weight is 260 g/mol. The summed E-state index contributed by atoms with van der Waals surface area (Å²) in [4.78, 5) is 18.9. The van der Waals surface area contributed by atoms with Crippen molar-refractivity contribution in [2.24, 2.45) is 17.8 Å². The van der Waals surface area contributed by atoms with E-state index in [1.54, 1.807) is 0 Å². The number of carboxylic acids is 1. The molecule has 4 saturated carbocycles. The number of hydrogen-bond donors (Lipinski definition) is 2. The third-order valence-electron chi connectivity index (χ3n) is 5.63. The molecule has 0 unspecified atom stereocenters. The summed E-state index contributed by atoms with van der Waals surface area (Å²) in [6.07, 6.45) is 7.82. The van der Waals surface area contributed by atoms with Gasteiger partial charge in [-0.15, -0.1) is 0 Å². The standard InChI is InChI=1S/C15H20N2O2/c1-8-12(13(18)19)17-14(16-8)15-5-9-2-10(6-15)4-11(3-9)7-15/h9-11H,2-7H2,1H3,(H,16,17)(H,18,19). The van der Waals surface area contributed by atoms with Crippen molar-refractivity contribution in [2.75, 3.05) is 0 Å². The molecule has 19 heavy (non-hydrogen) atoms. The molecule has 102 valence electrons. The zero-order valence-electron chi connectivity index (χ0n) is 11.3. The quantitative estimate of drug-likeness (QED) is 0.859. The van der Waals surface area contributed by atoms with Gasteiger partial charge in [-0.1, -0.05) is 0 Å². The first-order valence-corrected chi connectivity index (χ1v) is 7.36. The van der Waals surface area contributed by atoms with E-state index >= 15 is 0 Å². The van der Waals surface area contributed by atoms with Crippen molar-refractivity contribution < 1.29 is 9.90 Å². The lowest BCUT2D eigenvalue weighted by molar-refractivity contribution is -0.00908. The van der Waals surface area contributed by atoms with Crippen LogP contribution in [0.1, 0.15) is 60.5 Å². The van der Waals surface area contributed by atoms with E-state index in [0.717, 1.165) is 23.6 Å². The highest BCUT2D eigenvalue weighted by molar-refractivity contribution is 5.86. The molecule has 0 radical (unpaired) electrons. The molecule has 5 rings (SSSR count). The smallest absolute Gasteiger partial charge is 0.356 e. The number of imidazole rings is 1. The number of aromatic amines is 1. The Kier molecular flexibility index (Phi) is 2.19. The van der Waals surface area contributed by atoms with Crippen LogP contribution >= 0.6 is 0 Å². The molecule has 2 N–H and O–H groups in total. The van der Waals surface area contributed by atoms with Gasteiger partial charge in [0.2, 0.25) is 0 Å². The van der Waals surface area contributed by atoms with Crippen molar-refractivity contribution in [1.29, 1.82) is 0 Å². The van der Waals surface area contributed by atoms with E-state index in [4.69, 9.17) is 0 Å². The molecule has 4 nitrogen and oxygen atoms in total. The Bertz CT molecular complexity index is 511. The second kappa shape index (κ2) is 3.62. The molecule has 4 fully saturated rings. The van der Waals surface area contributed by atoms with Gasteiger partial charge >= 0.3 is 5.97 Å². The van der Waals surface area contributed by atoms with Crippen LogP contribution in [-0.2, 0) is 5.41 Å². The summed E-state index contributed by atoms with van der Waals surface area (Å²) in [7, 11) is 0. The zero-order chi connectivity index (χ0) is 13.2. The number of carbonyl (C=O) groups is 1. The summed E-state index contributed by atoms with van der Waals surface area (Å²) in [5, 5.41) is 9.18. The molecule has 0 aromatic carbocycles. The molecule has 0 amide bonds. The number of nitrogens with one attached hydrogen (secondary N) is 1. The summed E-state index contributed by atoms with van der Waals surface area (Å²) in [5.41, 5.74) is 1.08. The lowest BCUT2D eigenvalue weighted by Gasteiger charge is -2.55. The molecular formula is C15H20N2O2. The maximum absolute atomic E-state index is 11.2. The van der Waals surface area contributed by atoms with Crippen molar-refractivity contribution in [3.05, 3.63) is 17.2 Å². The fraction of sp³-hybridized carbons (Fsp3) is 0.733. The molecule has 0 aliphatic heterocycles. The van der Waals surface area contributed by atoms with Crippen LogP contribution in [0.3, 0.4) is 0 Å². The number of aromatic carboxylic acids is 1. The van der Waals surface area contributed by atoms with Crippen molar-refractivity contribution in [3.8, 4) is 0 Å². The van der Waals surface area contributed by atoms with Gasteiger partial charge in [-0.05, 0) is 63.2 Å². The molecule has 0 atom stereocenters. The second-order valence-corrected chi connectivity index (χ2v) is 7.06. The van der Waals surface area contributed by atoms with Crippen LogP contribution in [0.4, 0.5) is 0 Å². The molecule has 0 spiro atoms. The minimum Gasteiger partial charge on any atom is -0.476 e. The maximum Gasteiger partial charge on any atom is 0.356 e. The monoisotopic (exact) mass is 260 g/mol. The van der Waals surface area contributed by atoms with Crippen LogP contribution in [0.25, 0.3) is 0 Å². The Morgan fingerprint density at radius 3 is 2.16 bits per heavy atom. The first-order valence-electron chi connectivity index (χ1n) is 7.36. The van der Waals surface area contributed by atoms with Crippen LogP contribution in [0, 0.1) is 24.7 Å². The summed E-state index contributed by atoms with van der Waals surface area (Å²) in [6, 6.07) is 0. The Morgan fingerprint density at radius 2 is 1.74 bits per heavy atom. The van der Waals surface area contributed by atoms with Gasteiger partial charge in [0, 0.05) is 11.1 Å². The molecule has 0 saturated heterocycles. The first-order chi connectivity index (χ1) is 9.06. The van der Waals surface area contributed by atoms with E-state index in [-0.39, 0.29) is 11.1 Å². The lowest BCUT2D eigenvalue weighted by atomic mass is 9.49. The summed E-state index contributed by atoms with van der Waals surface area (Å²) in [6.45, 7) is 1.82. The minimum absolute atomic E-state index is 0.160. The van der Waals surface area contributed by atoms with Crippen LogP contribution in [0.2, 0.25) is 0 Å². The van der Waals surface area contributed by atoms with Gasteiger partial charge in [0.25, 0.3) is 0 Å². The van der Waals surface area contributed by atoms with E-state index in [1.807, 2.05) is 6.92 Å². The molecule has 1 heterocycles. The Labute approximate surface area is 112 Å². The van der Waals surface area contributed by atoms with Gasteiger partial charge in [0.05, 0.1) is 0 Å². The normalized spacial score (nSPS) is 39.7. The summed E-state index contributed by atoms with van der Waals surface area (Å²) in [5.74, 6) is 2.60. The topological polar surface area (TPSA) is 66.0 Å². The third kappa shape index (κ3) is 1.58. The second-order valence-electron chi connectivity index (χ2n) is 7.06. The molecule has 4 aliphatic carbocycles. The van der Waals surface area contributed by atoms with Gasteiger partial charge in [0.15, 0.2) is 5.69 Å². The average Bonchev–Trinajstić information content (AvgIpc) is 2.70. The van der Waals surface area contributed by atoms with E-state index in [0.29, 0.717) is 5.69 Å². The highest BCUT2D eigenvalue weighted by Crippen LogP contribution is 2.60. The number of carboxylic acid groups (broad SMARTS) is 1. The highest BCUT2D eigenvalue weighted by Gasteiger charge is 2.53. The molecule has 1 aromatic rings. The van der Waals surface area contributed by atoms with Crippen LogP contribution < -0.4 is 0 Å². The predicted molar refractivity (Wildman–Crippen MR) is 70.1 cm³/mol. The largest absolute Gasteiger partial charge is 0.476 e. The van der Waals surface area contributed by atoms with E-state index in [9.17, 15) is 9.90 Å². The molecule has 4 heteroatoms.